The first-order valence-corrected chi connectivity index (χ1v) is 7.88. The maximum absolute atomic E-state index is 12.3. The fourth-order valence-electron chi connectivity index (χ4n) is 2.74. The third kappa shape index (κ3) is 4.36. The van der Waals surface area contributed by atoms with Crippen LogP contribution in [-0.2, 0) is 9.53 Å². The second kappa shape index (κ2) is 8.51. The zero-order valence-electron chi connectivity index (χ0n) is 14.3. The molecule has 8 nitrogen and oxygen atoms in total. The molecule has 1 fully saturated rings. The Morgan fingerprint density at radius 2 is 1.75 bits per heavy atom. The lowest BCUT2D eigenvalue weighted by Gasteiger charge is -2.22. The maximum atomic E-state index is 12.3. The van der Waals surface area contributed by atoms with E-state index in [9.17, 15) is 9.59 Å². The van der Waals surface area contributed by atoms with Crippen LogP contribution in [0, 0.1) is 0 Å². The minimum atomic E-state index is -0.550. The fraction of sp³-hybridized carbons (Fsp3) is 0.500. The number of hydrogen-bond donors (Lipinski definition) is 3. The third-order valence-corrected chi connectivity index (χ3v) is 4.02. The summed E-state index contributed by atoms with van der Waals surface area (Å²) in [6.45, 7) is 4.30. The van der Waals surface area contributed by atoms with Crippen molar-refractivity contribution in [2.75, 3.05) is 59.4 Å². The molecule has 132 valence electrons. The number of amides is 1. The van der Waals surface area contributed by atoms with Crippen molar-refractivity contribution in [2.45, 2.75) is 0 Å². The number of benzene rings is 1. The van der Waals surface area contributed by atoms with E-state index in [1.807, 2.05) is 0 Å². The van der Waals surface area contributed by atoms with Crippen LogP contribution >= 0.6 is 0 Å². The molecule has 1 saturated heterocycles. The number of quaternary nitrogens is 2. The highest BCUT2D eigenvalue weighted by atomic mass is 16.5. The molecule has 0 unspecified atom stereocenters. The molecule has 0 radical (unpaired) electrons. The summed E-state index contributed by atoms with van der Waals surface area (Å²) in [4.78, 5) is 25.6. The van der Waals surface area contributed by atoms with Crippen LogP contribution in [0.1, 0.15) is 10.4 Å². The van der Waals surface area contributed by atoms with Gasteiger partial charge in [-0.15, -0.1) is 0 Å². The topological polar surface area (TPSA) is 94.9 Å². The van der Waals surface area contributed by atoms with E-state index in [4.69, 9.17) is 14.2 Å². The van der Waals surface area contributed by atoms with Crippen molar-refractivity contribution in [3.8, 4) is 11.5 Å². The highest BCUT2D eigenvalue weighted by Crippen LogP contribution is 2.33. The van der Waals surface area contributed by atoms with Crippen molar-refractivity contribution >= 4 is 17.6 Å². The number of esters is 1. The van der Waals surface area contributed by atoms with Crippen molar-refractivity contribution in [3.63, 3.8) is 0 Å². The lowest BCUT2D eigenvalue weighted by atomic mass is 10.1. The molecule has 1 aromatic rings. The molecule has 1 aliphatic heterocycles. The molecule has 4 N–H and O–H groups in total. The van der Waals surface area contributed by atoms with Crippen molar-refractivity contribution in [1.29, 1.82) is 0 Å². The standard InChI is InChI=1S/C16H23N3O5/c1-22-13-8-11(16(21)24-3)12(9-14(13)23-2)18-15(20)10-19-6-4-17-5-7-19/h8-9,17H,4-7,10H2,1-3H3,(H,18,20)/p+2. The van der Waals surface area contributed by atoms with E-state index in [-0.39, 0.29) is 11.5 Å². The van der Waals surface area contributed by atoms with E-state index in [1.165, 1.54) is 32.3 Å². The molecule has 1 heterocycles. The van der Waals surface area contributed by atoms with Crippen LogP contribution < -0.4 is 25.0 Å². The van der Waals surface area contributed by atoms with Gasteiger partial charge >= 0.3 is 5.97 Å². The van der Waals surface area contributed by atoms with Gasteiger partial charge in [-0.25, -0.2) is 4.79 Å². The number of ether oxygens (including phenoxy) is 3. The normalized spacial score (nSPS) is 14.8. The van der Waals surface area contributed by atoms with Gasteiger partial charge in [0, 0.05) is 12.1 Å². The Balaban J connectivity index is 2.19. The van der Waals surface area contributed by atoms with Crippen LogP contribution in [0.5, 0.6) is 11.5 Å². The summed E-state index contributed by atoms with van der Waals surface area (Å²) in [5.41, 5.74) is 0.581. The van der Waals surface area contributed by atoms with Gasteiger partial charge in [-0.2, -0.15) is 0 Å². The predicted octanol–water partition coefficient (Wildman–Crippen LogP) is -2.11. The molecule has 0 aliphatic carbocycles. The van der Waals surface area contributed by atoms with Gasteiger partial charge in [0.05, 0.1) is 32.6 Å². The van der Waals surface area contributed by atoms with Crippen LogP contribution in [0.4, 0.5) is 5.69 Å². The molecule has 24 heavy (non-hydrogen) atoms. The third-order valence-electron chi connectivity index (χ3n) is 4.02. The number of anilines is 1. The zero-order chi connectivity index (χ0) is 17.5. The molecule has 8 heteroatoms. The van der Waals surface area contributed by atoms with Gasteiger partial charge < -0.3 is 29.7 Å². The van der Waals surface area contributed by atoms with Gasteiger partial charge in [-0.1, -0.05) is 0 Å². The molecule has 1 aromatic carbocycles. The minimum Gasteiger partial charge on any atom is -0.493 e. The van der Waals surface area contributed by atoms with Gasteiger partial charge in [0.25, 0.3) is 5.91 Å². The average molecular weight is 339 g/mol. The Bertz CT molecular complexity index is 600. The molecule has 0 bridgehead atoms. The van der Waals surface area contributed by atoms with Gasteiger partial charge in [0.2, 0.25) is 0 Å². The van der Waals surface area contributed by atoms with Crippen LogP contribution in [0.3, 0.4) is 0 Å². The summed E-state index contributed by atoms with van der Waals surface area (Å²) in [6, 6.07) is 3.07. The summed E-state index contributed by atoms with van der Waals surface area (Å²) in [5.74, 6) is 0.129. The number of nitrogens with one attached hydrogen (secondary N) is 2. The monoisotopic (exact) mass is 339 g/mol. The fourth-order valence-corrected chi connectivity index (χ4v) is 2.74. The molecule has 2 rings (SSSR count). The van der Waals surface area contributed by atoms with Crippen molar-refractivity contribution < 1.29 is 34.0 Å². The molecule has 0 aromatic heterocycles. The van der Waals surface area contributed by atoms with E-state index < -0.39 is 5.97 Å². The predicted molar refractivity (Wildman–Crippen MR) is 86.7 cm³/mol. The minimum absolute atomic E-state index is 0.149. The van der Waals surface area contributed by atoms with Gasteiger partial charge in [-0.3, -0.25) is 4.79 Å². The summed E-state index contributed by atoms with van der Waals surface area (Å²) in [7, 11) is 4.27. The number of nitrogens with two attached hydrogens (primary N) is 1. The van der Waals surface area contributed by atoms with E-state index >= 15 is 0 Å². The summed E-state index contributed by atoms with van der Waals surface area (Å²) >= 11 is 0. The first-order valence-electron chi connectivity index (χ1n) is 7.88. The van der Waals surface area contributed by atoms with Crippen LogP contribution in [0.15, 0.2) is 12.1 Å². The molecular weight excluding hydrogens is 314 g/mol. The van der Waals surface area contributed by atoms with Gasteiger partial charge in [-0.05, 0) is 0 Å². The highest BCUT2D eigenvalue weighted by Gasteiger charge is 2.22. The first kappa shape index (κ1) is 18.0. The Kier molecular flexibility index (Phi) is 6.39. The van der Waals surface area contributed by atoms with Crippen molar-refractivity contribution in [1.82, 2.24) is 0 Å². The van der Waals surface area contributed by atoms with Crippen LogP contribution in [0.25, 0.3) is 0 Å². The van der Waals surface area contributed by atoms with Crippen LogP contribution in [-0.4, -0.2) is 65.9 Å². The summed E-state index contributed by atoms with van der Waals surface area (Å²) in [5, 5.41) is 5.03. The van der Waals surface area contributed by atoms with Crippen LogP contribution in [0.2, 0.25) is 0 Å². The van der Waals surface area contributed by atoms with Crippen molar-refractivity contribution in [2.24, 2.45) is 0 Å². The number of piperazine rings is 1. The maximum Gasteiger partial charge on any atom is 0.340 e. The number of carbonyl (C=O) groups excluding carboxylic acids is 2. The largest absolute Gasteiger partial charge is 0.493 e. The molecule has 1 aliphatic rings. The lowest BCUT2D eigenvalue weighted by Crippen LogP contribution is -3.21. The number of methoxy groups -OCH3 is 3. The number of hydrogen-bond acceptors (Lipinski definition) is 5. The Labute approximate surface area is 141 Å². The number of carbonyl (C=O) groups is 2. The molecule has 1 amide bonds. The second-order valence-corrected chi connectivity index (χ2v) is 5.59. The SMILES string of the molecule is COC(=O)c1cc(OC)c(OC)cc1NC(=O)C[NH+]1CC[NH2+]CC1. The first-order chi connectivity index (χ1) is 11.6. The smallest absolute Gasteiger partial charge is 0.340 e. The molecule has 0 saturated carbocycles. The highest BCUT2D eigenvalue weighted by molar-refractivity contribution is 6.02. The molecular formula is C16H25N3O5+2. The second-order valence-electron chi connectivity index (χ2n) is 5.59. The van der Waals surface area contributed by atoms with E-state index in [1.54, 1.807) is 6.07 Å². The number of rotatable bonds is 6. The Morgan fingerprint density at radius 1 is 1.12 bits per heavy atom. The summed E-state index contributed by atoms with van der Waals surface area (Å²) < 4.78 is 15.2. The Morgan fingerprint density at radius 3 is 2.33 bits per heavy atom. The van der Waals surface area contributed by atoms with E-state index in [2.05, 4.69) is 10.6 Å². The Hall–Kier alpha value is -2.32. The van der Waals surface area contributed by atoms with E-state index in [0.29, 0.717) is 23.7 Å². The average Bonchev–Trinajstić information content (AvgIpc) is 2.61. The van der Waals surface area contributed by atoms with E-state index in [0.717, 1.165) is 26.2 Å². The molecule has 0 atom stereocenters. The quantitative estimate of drug-likeness (QED) is 0.516. The van der Waals surface area contributed by atoms with Crippen molar-refractivity contribution in [3.05, 3.63) is 17.7 Å². The van der Waals surface area contributed by atoms with Gasteiger partial charge in [0.1, 0.15) is 26.2 Å². The molecule has 0 spiro atoms. The summed E-state index contributed by atoms with van der Waals surface area (Å²) in [6.07, 6.45) is 0. The zero-order valence-corrected chi connectivity index (χ0v) is 14.3. The van der Waals surface area contributed by atoms with Gasteiger partial charge in [0.15, 0.2) is 18.0 Å². The lowest BCUT2D eigenvalue weighted by molar-refractivity contribution is -0.940.